The van der Waals surface area contributed by atoms with Crippen LogP contribution in [0.4, 0.5) is 0 Å². The van der Waals surface area contributed by atoms with E-state index in [1.165, 1.54) is 28.6 Å². The van der Waals surface area contributed by atoms with E-state index >= 15 is 0 Å². The lowest BCUT2D eigenvalue weighted by atomic mass is 10.1. The largest absolute Gasteiger partial charge is 0.347 e. The van der Waals surface area contributed by atoms with Gasteiger partial charge in [-0.25, -0.2) is 0 Å². The van der Waals surface area contributed by atoms with Crippen LogP contribution in [0.15, 0.2) is 30.5 Å². The summed E-state index contributed by atoms with van der Waals surface area (Å²) in [6, 6.07) is 9.14. The quantitative estimate of drug-likeness (QED) is 0.810. The first kappa shape index (κ1) is 13.5. The molecule has 2 nitrogen and oxygen atoms in total. The van der Waals surface area contributed by atoms with Gasteiger partial charge in [-0.1, -0.05) is 6.07 Å². The summed E-state index contributed by atoms with van der Waals surface area (Å²) >= 11 is 1.91. The smallest absolute Gasteiger partial charge is 0.0480 e. The van der Waals surface area contributed by atoms with Crippen molar-refractivity contribution in [3.63, 3.8) is 0 Å². The van der Waals surface area contributed by atoms with Gasteiger partial charge < -0.3 is 10.3 Å². The highest BCUT2D eigenvalue weighted by Gasteiger charge is 2.03. The van der Waals surface area contributed by atoms with Crippen LogP contribution in [0, 0.1) is 0 Å². The van der Waals surface area contributed by atoms with Crippen molar-refractivity contribution in [3.8, 4) is 0 Å². The van der Waals surface area contributed by atoms with Crippen molar-refractivity contribution in [2.45, 2.75) is 32.4 Å². The minimum absolute atomic E-state index is 0.228. The van der Waals surface area contributed by atoms with Crippen molar-refractivity contribution in [3.05, 3.63) is 36.0 Å². The maximum Gasteiger partial charge on any atom is 0.0480 e. The molecule has 0 fully saturated rings. The van der Waals surface area contributed by atoms with Crippen LogP contribution in [-0.4, -0.2) is 22.6 Å². The summed E-state index contributed by atoms with van der Waals surface area (Å²) in [6.07, 6.45) is 6.54. The Morgan fingerprint density at radius 2 is 2.17 bits per heavy atom. The van der Waals surface area contributed by atoms with Gasteiger partial charge in [0.25, 0.3) is 0 Å². The molecule has 1 aromatic heterocycles. The monoisotopic (exact) mass is 262 g/mol. The molecule has 1 unspecified atom stereocenters. The number of benzene rings is 1. The molecule has 1 atom stereocenters. The van der Waals surface area contributed by atoms with E-state index in [4.69, 9.17) is 5.73 Å². The predicted octanol–water partition coefficient (Wildman–Crippen LogP) is 3.28. The SMILES string of the molecule is CSCCCn1ccc2cc(CC(C)N)ccc21. The molecular weight excluding hydrogens is 240 g/mol. The minimum atomic E-state index is 0.228. The van der Waals surface area contributed by atoms with Crippen LogP contribution in [-0.2, 0) is 13.0 Å². The van der Waals surface area contributed by atoms with Gasteiger partial charge in [0.05, 0.1) is 0 Å². The Hall–Kier alpha value is -0.930. The number of rotatable bonds is 6. The van der Waals surface area contributed by atoms with Gasteiger partial charge >= 0.3 is 0 Å². The van der Waals surface area contributed by atoms with Gasteiger partial charge in [-0.2, -0.15) is 11.8 Å². The molecule has 0 aliphatic heterocycles. The van der Waals surface area contributed by atoms with Crippen LogP contribution in [0.25, 0.3) is 10.9 Å². The number of nitrogens with two attached hydrogens (primary N) is 1. The fourth-order valence-electron chi connectivity index (χ4n) is 2.32. The maximum absolute atomic E-state index is 5.85. The average Bonchev–Trinajstić information content (AvgIpc) is 2.71. The summed E-state index contributed by atoms with van der Waals surface area (Å²) < 4.78 is 2.35. The van der Waals surface area contributed by atoms with Crippen molar-refractivity contribution in [1.29, 1.82) is 0 Å². The molecule has 3 heteroatoms. The van der Waals surface area contributed by atoms with Gasteiger partial charge in [-0.05, 0) is 60.9 Å². The number of nitrogens with zero attached hydrogens (tertiary/aromatic N) is 1. The number of hydrogen-bond acceptors (Lipinski definition) is 2. The lowest BCUT2D eigenvalue weighted by Gasteiger charge is -2.07. The Morgan fingerprint density at radius 1 is 1.33 bits per heavy atom. The normalized spacial score (nSPS) is 13.1. The van der Waals surface area contributed by atoms with Crippen molar-refractivity contribution in [2.24, 2.45) is 5.73 Å². The second kappa shape index (κ2) is 6.30. The van der Waals surface area contributed by atoms with E-state index in [0.29, 0.717) is 0 Å². The molecule has 98 valence electrons. The van der Waals surface area contributed by atoms with Crippen LogP contribution >= 0.6 is 11.8 Å². The van der Waals surface area contributed by atoms with E-state index < -0.39 is 0 Å². The molecule has 0 spiro atoms. The van der Waals surface area contributed by atoms with Gasteiger partial charge in [0.2, 0.25) is 0 Å². The Bertz CT molecular complexity index is 502. The van der Waals surface area contributed by atoms with E-state index in [-0.39, 0.29) is 6.04 Å². The topological polar surface area (TPSA) is 30.9 Å². The van der Waals surface area contributed by atoms with Gasteiger partial charge in [-0.15, -0.1) is 0 Å². The molecule has 0 radical (unpaired) electrons. The summed E-state index contributed by atoms with van der Waals surface area (Å²) in [5.41, 5.74) is 8.52. The molecule has 1 aromatic carbocycles. The summed E-state index contributed by atoms with van der Waals surface area (Å²) in [5.74, 6) is 1.22. The number of fused-ring (bicyclic) bond motifs is 1. The molecule has 0 aliphatic rings. The number of aryl methyl sites for hydroxylation is 1. The number of thioether (sulfide) groups is 1. The second-order valence-corrected chi connectivity index (χ2v) is 5.92. The summed E-state index contributed by atoms with van der Waals surface area (Å²) in [6.45, 7) is 3.16. The van der Waals surface area contributed by atoms with Crippen LogP contribution in [0.1, 0.15) is 18.9 Å². The first-order valence-electron chi connectivity index (χ1n) is 6.53. The number of aromatic nitrogens is 1. The highest BCUT2D eigenvalue weighted by Crippen LogP contribution is 2.19. The lowest BCUT2D eigenvalue weighted by molar-refractivity contribution is 0.709. The highest BCUT2D eigenvalue weighted by molar-refractivity contribution is 7.98. The van der Waals surface area contributed by atoms with E-state index in [0.717, 1.165) is 13.0 Å². The van der Waals surface area contributed by atoms with Crippen molar-refractivity contribution in [2.75, 3.05) is 12.0 Å². The third kappa shape index (κ3) is 3.30. The molecule has 2 aromatic rings. The fraction of sp³-hybridized carbons (Fsp3) is 0.467. The first-order chi connectivity index (χ1) is 8.70. The van der Waals surface area contributed by atoms with Crippen LogP contribution in [0.2, 0.25) is 0 Å². The van der Waals surface area contributed by atoms with E-state index in [2.05, 4.69) is 48.2 Å². The van der Waals surface area contributed by atoms with E-state index in [9.17, 15) is 0 Å². The van der Waals surface area contributed by atoms with Gasteiger partial charge in [0.15, 0.2) is 0 Å². The van der Waals surface area contributed by atoms with Crippen molar-refractivity contribution < 1.29 is 0 Å². The van der Waals surface area contributed by atoms with E-state index in [1.54, 1.807) is 0 Å². The Morgan fingerprint density at radius 3 is 2.89 bits per heavy atom. The molecule has 0 amide bonds. The molecule has 1 heterocycles. The maximum atomic E-state index is 5.85. The molecular formula is C15H22N2S. The summed E-state index contributed by atoms with van der Waals surface area (Å²) in [5, 5.41) is 1.33. The molecule has 0 aliphatic carbocycles. The zero-order chi connectivity index (χ0) is 13.0. The molecule has 2 rings (SSSR count). The zero-order valence-corrected chi connectivity index (χ0v) is 12.0. The molecule has 0 bridgehead atoms. The van der Waals surface area contributed by atoms with Crippen molar-refractivity contribution in [1.82, 2.24) is 4.57 Å². The average molecular weight is 262 g/mol. The predicted molar refractivity (Wildman–Crippen MR) is 82.3 cm³/mol. The van der Waals surface area contributed by atoms with Crippen LogP contribution in [0.5, 0.6) is 0 Å². The van der Waals surface area contributed by atoms with Gasteiger partial charge in [-0.3, -0.25) is 0 Å². The third-order valence-corrected chi connectivity index (χ3v) is 3.84. The Balaban J connectivity index is 2.15. The summed E-state index contributed by atoms with van der Waals surface area (Å²) in [7, 11) is 0. The summed E-state index contributed by atoms with van der Waals surface area (Å²) in [4.78, 5) is 0. The highest BCUT2D eigenvalue weighted by atomic mass is 32.2. The Kier molecular flexibility index (Phi) is 4.72. The zero-order valence-electron chi connectivity index (χ0n) is 11.2. The van der Waals surface area contributed by atoms with E-state index in [1.807, 2.05) is 11.8 Å². The van der Waals surface area contributed by atoms with Gasteiger partial charge in [0.1, 0.15) is 0 Å². The van der Waals surface area contributed by atoms with Crippen LogP contribution in [0.3, 0.4) is 0 Å². The standard InChI is InChI=1S/C15H22N2S/c1-12(16)10-13-4-5-15-14(11-13)6-8-17(15)7-3-9-18-2/h4-6,8,11-12H,3,7,9-10,16H2,1-2H3. The minimum Gasteiger partial charge on any atom is -0.347 e. The number of hydrogen-bond donors (Lipinski definition) is 1. The van der Waals surface area contributed by atoms with Crippen LogP contribution < -0.4 is 5.73 Å². The second-order valence-electron chi connectivity index (χ2n) is 4.93. The fourth-order valence-corrected chi connectivity index (χ4v) is 2.74. The van der Waals surface area contributed by atoms with Gasteiger partial charge in [0, 0.05) is 24.3 Å². The Labute approximate surface area is 114 Å². The molecule has 2 N–H and O–H groups in total. The third-order valence-electron chi connectivity index (χ3n) is 3.14. The molecule has 18 heavy (non-hydrogen) atoms. The molecule has 0 saturated carbocycles. The molecule has 0 saturated heterocycles. The lowest BCUT2D eigenvalue weighted by Crippen LogP contribution is -2.17. The first-order valence-corrected chi connectivity index (χ1v) is 7.92. The van der Waals surface area contributed by atoms with Crippen molar-refractivity contribution >= 4 is 22.7 Å².